The summed E-state index contributed by atoms with van der Waals surface area (Å²) in [6.07, 6.45) is 0.981. The molecular formula is C14H17BN2O4. The van der Waals surface area contributed by atoms with E-state index in [9.17, 15) is 14.8 Å². The molecule has 1 amide bonds. The van der Waals surface area contributed by atoms with Crippen molar-refractivity contribution >= 4 is 35.3 Å². The minimum absolute atomic E-state index is 0.322. The Hall–Kier alpha value is -2.12. The molecule has 7 heteroatoms. The number of rotatable bonds is 2. The molecule has 2 rings (SSSR count). The van der Waals surface area contributed by atoms with Crippen LogP contribution in [0.3, 0.4) is 0 Å². The Kier molecular flexibility index (Phi) is 4.15. The number of carbonyl (C=O) groups is 1. The second kappa shape index (κ2) is 5.71. The maximum absolute atomic E-state index is 11.8. The lowest BCUT2D eigenvalue weighted by atomic mass is 9.80. The summed E-state index contributed by atoms with van der Waals surface area (Å²) in [5.41, 5.74) is 0.853. The summed E-state index contributed by atoms with van der Waals surface area (Å²) in [6, 6.07) is 6.42. The number of amides is 1. The third-order valence-corrected chi connectivity index (χ3v) is 2.70. The molecular weight excluding hydrogens is 271 g/mol. The average Bonchev–Trinajstić information content (AvgIpc) is 2.36. The van der Waals surface area contributed by atoms with Crippen molar-refractivity contribution in [2.45, 2.75) is 26.4 Å². The molecule has 1 aromatic heterocycles. The number of benzene rings is 1. The van der Waals surface area contributed by atoms with Crippen molar-refractivity contribution in [3.05, 3.63) is 30.5 Å². The summed E-state index contributed by atoms with van der Waals surface area (Å²) in [7, 11) is -1.58. The maximum atomic E-state index is 11.8. The molecule has 0 bridgehead atoms. The van der Waals surface area contributed by atoms with Gasteiger partial charge in [0.2, 0.25) is 0 Å². The van der Waals surface area contributed by atoms with Gasteiger partial charge in [0.1, 0.15) is 5.60 Å². The predicted octanol–water partition coefficient (Wildman–Crippen LogP) is 1.26. The Morgan fingerprint density at radius 2 is 2.00 bits per heavy atom. The monoisotopic (exact) mass is 288 g/mol. The van der Waals surface area contributed by atoms with Gasteiger partial charge in [-0.2, -0.15) is 0 Å². The highest BCUT2D eigenvalue weighted by Crippen LogP contribution is 2.21. The lowest BCUT2D eigenvalue weighted by Crippen LogP contribution is -2.30. The summed E-state index contributed by atoms with van der Waals surface area (Å²) in [6.45, 7) is 5.33. The van der Waals surface area contributed by atoms with Gasteiger partial charge in [-0.1, -0.05) is 12.1 Å². The van der Waals surface area contributed by atoms with Crippen LogP contribution < -0.4 is 10.8 Å². The first-order chi connectivity index (χ1) is 9.76. The van der Waals surface area contributed by atoms with Gasteiger partial charge in [0.25, 0.3) is 0 Å². The molecule has 0 atom stereocenters. The molecule has 0 aliphatic carbocycles. The average molecular weight is 288 g/mol. The Balaban J connectivity index is 2.35. The van der Waals surface area contributed by atoms with E-state index >= 15 is 0 Å². The van der Waals surface area contributed by atoms with Gasteiger partial charge in [0, 0.05) is 11.6 Å². The number of pyridine rings is 1. The molecule has 1 aromatic carbocycles. The van der Waals surface area contributed by atoms with Crippen LogP contribution in [0.5, 0.6) is 0 Å². The summed E-state index contributed by atoms with van der Waals surface area (Å²) in [5.74, 6) is 0. The van der Waals surface area contributed by atoms with Gasteiger partial charge in [0.15, 0.2) is 0 Å². The van der Waals surface area contributed by atoms with Gasteiger partial charge >= 0.3 is 13.2 Å². The summed E-state index contributed by atoms with van der Waals surface area (Å²) in [5, 5.41) is 21.7. The van der Waals surface area contributed by atoms with Crippen molar-refractivity contribution in [3.8, 4) is 0 Å². The Morgan fingerprint density at radius 3 is 2.62 bits per heavy atom. The number of carbonyl (C=O) groups excluding carboxylic acids is 1. The molecule has 110 valence electrons. The molecule has 3 N–H and O–H groups in total. The van der Waals surface area contributed by atoms with Crippen LogP contribution in [-0.2, 0) is 4.74 Å². The normalized spacial score (nSPS) is 11.3. The first-order valence-corrected chi connectivity index (χ1v) is 6.51. The van der Waals surface area contributed by atoms with Gasteiger partial charge in [-0.15, -0.1) is 0 Å². The van der Waals surface area contributed by atoms with Gasteiger partial charge in [-0.3, -0.25) is 10.3 Å². The minimum atomic E-state index is -1.58. The molecule has 1 heterocycles. The van der Waals surface area contributed by atoms with E-state index in [0.29, 0.717) is 22.1 Å². The quantitative estimate of drug-likeness (QED) is 0.724. The maximum Gasteiger partial charge on any atom is 0.488 e. The largest absolute Gasteiger partial charge is 0.488 e. The molecule has 0 aliphatic heterocycles. The van der Waals surface area contributed by atoms with Crippen molar-refractivity contribution in [2.75, 3.05) is 5.32 Å². The second-order valence-corrected chi connectivity index (χ2v) is 5.64. The van der Waals surface area contributed by atoms with Crippen molar-refractivity contribution in [1.29, 1.82) is 0 Å². The fraction of sp³-hybridized carbons (Fsp3) is 0.286. The lowest BCUT2D eigenvalue weighted by molar-refractivity contribution is 0.0636. The van der Waals surface area contributed by atoms with E-state index in [0.717, 1.165) is 0 Å². The van der Waals surface area contributed by atoms with E-state index in [1.165, 1.54) is 0 Å². The van der Waals surface area contributed by atoms with Crippen LogP contribution in [0.2, 0.25) is 0 Å². The zero-order chi connectivity index (χ0) is 15.6. The number of aromatic nitrogens is 1. The molecule has 2 aromatic rings. The third-order valence-electron chi connectivity index (χ3n) is 2.70. The van der Waals surface area contributed by atoms with Gasteiger partial charge in [0.05, 0.1) is 11.2 Å². The Labute approximate surface area is 122 Å². The van der Waals surface area contributed by atoms with Crippen molar-refractivity contribution < 1.29 is 19.6 Å². The number of nitrogens with zero attached hydrogens (tertiary/aromatic N) is 1. The number of ether oxygens (including phenoxy) is 1. The Morgan fingerprint density at radius 1 is 1.29 bits per heavy atom. The SMILES string of the molecule is CC(C)(C)OC(=O)Nc1ccnc2ccc(B(O)O)cc12. The van der Waals surface area contributed by atoms with E-state index < -0.39 is 18.8 Å². The fourth-order valence-electron chi connectivity index (χ4n) is 1.85. The second-order valence-electron chi connectivity index (χ2n) is 5.64. The molecule has 21 heavy (non-hydrogen) atoms. The summed E-state index contributed by atoms with van der Waals surface area (Å²) >= 11 is 0. The third kappa shape index (κ3) is 3.93. The predicted molar refractivity (Wildman–Crippen MR) is 81.4 cm³/mol. The molecule has 0 aliphatic rings. The van der Waals surface area contributed by atoms with Crippen LogP contribution >= 0.6 is 0 Å². The summed E-state index contributed by atoms with van der Waals surface area (Å²) < 4.78 is 5.20. The van der Waals surface area contributed by atoms with E-state index in [4.69, 9.17) is 4.74 Å². The highest BCUT2D eigenvalue weighted by Gasteiger charge is 2.18. The van der Waals surface area contributed by atoms with Crippen LogP contribution in [0.15, 0.2) is 30.5 Å². The van der Waals surface area contributed by atoms with Gasteiger partial charge in [-0.25, -0.2) is 4.79 Å². The molecule has 0 unspecified atom stereocenters. The van der Waals surface area contributed by atoms with Crippen LogP contribution in [-0.4, -0.2) is 33.8 Å². The number of hydrogen-bond donors (Lipinski definition) is 3. The van der Waals surface area contributed by atoms with Crippen LogP contribution in [0.25, 0.3) is 10.9 Å². The minimum Gasteiger partial charge on any atom is -0.444 e. The molecule has 0 spiro atoms. The van der Waals surface area contributed by atoms with Crippen molar-refractivity contribution in [1.82, 2.24) is 4.98 Å². The van der Waals surface area contributed by atoms with Gasteiger partial charge in [-0.05, 0) is 38.4 Å². The zero-order valence-corrected chi connectivity index (χ0v) is 12.1. The molecule has 6 nitrogen and oxygen atoms in total. The van der Waals surface area contributed by atoms with Crippen molar-refractivity contribution in [3.63, 3.8) is 0 Å². The summed E-state index contributed by atoms with van der Waals surface area (Å²) in [4.78, 5) is 16.0. The highest BCUT2D eigenvalue weighted by atomic mass is 16.6. The molecule has 0 saturated heterocycles. The van der Waals surface area contributed by atoms with Crippen molar-refractivity contribution in [2.24, 2.45) is 0 Å². The van der Waals surface area contributed by atoms with E-state index in [-0.39, 0.29) is 0 Å². The molecule has 0 saturated carbocycles. The number of nitrogens with one attached hydrogen (secondary N) is 1. The zero-order valence-electron chi connectivity index (χ0n) is 12.1. The topological polar surface area (TPSA) is 91.7 Å². The van der Waals surface area contributed by atoms with E-state index in [2.05, 4.69) is 10.3 Å². The smallest absolute Gasteiger partial charge is 0.444 e. The molecule has 0 fully saturated rings. The van der Waals surface area contributed by atoms with Gasteiger partial charge < -0.3 is 14.8 Å². The van der Waals surface area contributed by atoms with Crippen LogP contribution in [0, 0.1) is 0 Å². The van der Waals surface area contributed by atoms with E-state index in [1.807, 2.05) is 0 Å². The Bertz CT molecular complexity index is 668. The lowest BCUT2D eigenvalue weighted by Gasteiger charge is -2.20. The van der Waals surface area contributed by atoms with Crippen LogP contribution in [0.4, 0.5) is 10.5 Å². The van der Waals surface area contributed by atoms with E-state index in [1.54, 1.807) is 51.2 Å². The number of anilines is 1. The standard InChI is InChI=1S/C14H17BN2O4/c1-14(2,3)21-13(18)17-12-6-7-16-11-5-4-9(15(19)20)8-10(11)12/h4-8,19-20H,1-3H3,(H,16,17,18). The number of hydrogen-bond acceptors (Lipinski definition) is 5. The number of fused-ring (bicyclic) bond motifs is 1. The first kappa shape index (κ1) is 15.3. The molecule has 0 radical (unpaired) electrons. The highest BCUT2D eigenvalue weighted by molar-refractivity contribution is 6.59. The first-order valence-electron chi connectivity index (χ1n) is 6.51. The fourth-order valence-corrected chi connectivity index (χ4v) is 1.85. The van der Waals surface area contributed by atoms with Crippen LogP contribution in [0.1, 0.15) is 20.8 Å².